The summed E-state index contributed by atoms with van der Waals surface area (Å²) in [4.78, 5) is 0. The second-order valence-electron chi connectivity index (χ2n) is 7.43. The maximum atomic E-state index is 10.3. The zero-order valence-electron chi connectivity index (χ0n) is 16.3. The molecule has 1 aromatic heterocycles. The van der Waals surface area contributed by atoms with Crippen LogP contribution in [0.25, 0.3) is 32.9 Å². The highest BCUT2D eigenvalue weighted by Crippen LogP contribution is 2.41. The summed E-state index contributed by atoms with van der Waals surface area (Å²) in [5.74, 6) is 1.36. The molecule has 4 rings (SSSR count). The van der Waals surface area contributed by atoms with E-state index in [1.165, 1.54) is 40.1 Å². The normalized spacial score (nSPS) is 11.5. The Balaban J connectivity index is 1.98. The SMILES string of the molecule is CCCCCc1cc(-c2c3ccccc3cc3oc(C)c(C)c23)ccc1O. The number of benzene rings is 3. The smallest absolute Gasteiger partial charge is 0.135 e. The molecule has 138 valence electrons. The van der Waals surface area contributed by atoms with Gasteiger partial charge in [0.15, 0.2) is 0 Å². The molecule has 1 heterocycles. The Hall–Kier alpha value is -2.74. The van der Waals surface area contributed by atoms with E-state index in [4.69, 9.17) is 4.42 Å². The van der Waals surface area contributed by atoms with Gasteiger partial charge in [-0.15, -0.1) is 0 Å². The predicted octanol–water partition coefficient (Wildman–Crippen LogP) is 7.31. The van der Waals surface area contributed by atoms with Crippen molar-refractivity contribution in [2.75, 3.05) is 0 Å². The van der Waals surface area contributed by atoms with Gasteiger partial charge >= 0.3 is 0 Å². The van der Waals surface area contributed by atoms with Crippen LogP contribution < -0.4 is 0 Å². The van der Waals surface area contributed by atoms with E-state index in [-0.39, 0.29) is 0 Å². The van der Waals surface area contributed by atoms with E-state index >= 15 is 0 Å². The van der Waals surface area contributed by atoms with Gasteiger partial charge in [0.05, 0.1) is 0 Å². The first kappa shape index (κ1) is 17.7. The molecule has 0 spiro atoms. The van der Waals surface area contributed by atoms with E-state index in [2.05, 4.69) is 50.2 Å². The van der Waals surface area contributed by atoms with Crippen molar-refractivity contribution < 1.29 is 9.52 Å². The van der Waals surface area contributed by atoms with Crippen LogP contribution in [0.3, 0.4) is 0 Å². The van der Waals surface area contributed by atoms with Crippen molar-refractivity contribution in [3.05, 3.63) is 65.4 Å². The third kappa shape index (κ3) is 3.10. The summed E-state index contributed by atoms with van der Waals surface area (Å²) in [6, 6.07) is 16.6. The van der Waals surface area contributed by atoms with Crippen molar-refractivity contribution in [2.24, 2.45) is 0 Å². The highest BCUT2D eigenvalue weighted by Gasteiger charge is 2.17. The van der Waals surface area contributed by atoms with Crippen molar-refractivity contribution in [1.29, 1.82) is 0 Å². The molecule has 0 aliphatic rings. The first-order valence-corrected chi connectivity index (χ1v) is 9.84. The number of aromatic hydroxyl groups is 1. The number of fused-ring (bicyclic) bond motifs is 2. The molecule has 0 saturated heterocycles. The van der Waals surface area contributed by atoms with Gasteiger partial charge < -0.3 is 9.52 Å². The number of unbranched alkanes of at least 4 members (excludes halogenated alkanes) is 2. The van der Waals surface area contributed by atoms with Crippen molar-refractivity contribution >= 4 is 21.7 Å². The fraction of sp³-hybridized carbons (Fsp3) is 0.280. The lowest BCUT2D eigenvalue weighted by molar-refractivity contribution is 0.466. The fourth-order valence-electron chi connectivity index (χ4n) is 4.00. The van der Waals surface area contributed by atoms with Crippen LogP contribution in [0.15, 0.2) is 52.9 Å². The van der Waals surface area contributed by atoms with E-state index in [1.807, 2.05) is 19.1 Å². The van der Waals surface area contributed by atoms with Crippen molar-refractivity contribution in [1.82, 2.24) is 0 Å². The molecular weight excluding hydrogens is 332 g/mol. The van der Waals surface area contributed by atoms with Crippen molar-refractivity contribution in [3.63, 3.8) is 0 Å². The van der Waals surface area contributed by atoms with Crippen LogP contribution in [0.2, 0.25) is 0 Å². The standard InChI is InChI=1S/C25H26O2/c1-4-5-6-10-19-14-20(12-13-22(19)26)25-21-11-8-7-9-18(21)15-23-24(25)16(2)17(3)27-23/h7-9,11-15,26H,4-6,10H2,1-3H3. The Morgan fingerprint density at radius 3 is 2.59 bits per heavy atom. The largest absolute Gasteiger partial charge is 0.508 e. The fourth-order valence-corrected chi connectivity index (χ4v) is 4.00. The van der Waals surface area contributed by atoms with E-state index in [0.717, 1.165) is 35.3 Å². The predicted molar refractivity (Wildman–Crippen MR) is 114 cm³/mol. The maximum absolute atomic E-state index is 10.3. The zero-order valence-corrected chi connectivity index (χ0v) is 16.3. The van der Waals surface area contributed by atoms with E-state index < -0.39 is 0 Å². The van der Waals surface area contributed by atoms with E-state index in [1.54, 1.807) is 0 Å². The van der Waals surface area contributed by atoms with Crippen LogP contribution in [-0.4, -0.2) is 5.11 Å². The Labute approximate surface area is 160 Å². The van der Waals surface area contributed by atoms with Gasteiger partial charge in [-0.25, -0.2) is 0 Å². The molecule has 0 amide bonds. The van der Waals surface area contributed by atoms with Crippen LogP contribution in [0.5, 0.6) is 5.75 Å². The maximum Gasteiger partial charge on any atom is 0.135 e. The summed E-state index contributed by atoms with van der Waals surface area (Å²) in [5.41, 5.74) is 5.49. The molecule has 0 saturated carbocycles. The number of rotatable bonds is 5. The van der Waals surface area contributed by atoms with Gasteiger partial charge in [-0.3, -0.25) is 0 Å². The van der Waals surface area contributed by atoms with Gasteiger partial charge in [-0.1, -0.05) is 50.1 Å². The monoisotopic (exact) mass is 358 g/mol. The Morgan fingerprint density at radius 1 is 0.963 bits per heavy atom. The highest BCUT2D eigenvalue weighted by atomic mass is 16.3. The lowest BCUT2D eigenvalue weighted by Crippen LogP contribution is -1.90. The van der Waals surface area contributed by atoms with Gasteiger partial charge in [-0.05, 0) is 72.4 Å². The van der Waals surface area contributed by atoms with Crippen LogP contribution in [0, 0.1) is 13.8 Å². The lowest BCUT2D eigenvalue weighted by atomic mass is 9.91. The number of hydrogen-bond acceptors (Lipinski definition) is 2. The molecule has 2 heteroatoms. The van der Waals surface area contributed by atoms with Crippen LogP contribution in [-0.2, 0) is 6.42 Å². The molecule has 0 bridgehead atoms. The lowest BCUT2D eigenvalue weighted by Gasteiger charge is -2.12. The van der Waals surface area contributed by atoms with Crippen LogP contribution >= 0.6 is 0 Å². The molecule has 1 N–H and O–H groups in total. The Morgan fingerprint density at radius 2 is 1.78 bits per heavy atom. The van der Waals surface area contributed by atoms with Crippen LogP contribution in [0.4, 0.5) is 0 Å². The topological polar surface area (TPSA) is 33.4 Å². The van der Waals surface area contributed by atoms with E-state index in [9.17, 15) is 5.11 Å². The quantitative estimate of drug-likeness (QED) is 0.379. The average Bonchev–Trinajstić information content (AvgIpc) is 2.95. The summed E-state index contributed by atoms with van der Waals surface area (Å²) in [6.07, 6.45) is 4.37. The average molecular weight is 358 g/mol. The molecule has 3 aromatic carbocycles. The van der Waals surface area contributed by atoms with Crippen LogP contribution in [0.1, 0.15) is 43.1 Å². The summed E-state index contributed by atoms with van der Waals surface area (Å²) in [7, 11) is 0. The molecule has 27 heavy (non-hydrogen) atoms. The number of phenolic OH excluding ortho intramolecular Hbond substituents is 1. The minimum atomic E-state index is 0.395. The molecule has 0 unspecified atom stereocenters. The first-order valence-electron chi connectivity index (χ1n) is 9.84. The van der Waals surface area contributed by atoms with Gasteiger partial charge in [0.1, 0.15) is 17.1 Å². The molecule has 0 atom stereocenters. The molecule has 0 radical (unpaired) electrons. The first-order chi connectivity index (χ1) is 13.1. The summed E-state index contributed by atoms with van der Waals surface area (Å²) in [6.45, 7) is 6.35. The van der Waals surface area contributed by atoms with Crippen molar-refractivity contribution in [3.8, 4) is 16.9 Å². The molecule has 2 nitrogen and oxygen atoms in total. The minimum absolute atomic E-state index is 0.395. The van der Waals surface area contributed by atoms with Gasteiger partial charge in [0.2, 0.25) is 0 Å². The number of hydrogen-bond donors (Lipinski definition) is 1. The second-order valence-corrected chi connectivity index (χ2v) is 7.43. The van der Waals surface area contributed by atoms with E-state index in [0.29, 0.717) is 5.75 Å². The molecular formula is C25H26O2. The summed E-state index contributed by atoms with van der Waals surface area (Å²) in [5, 5.41) is 13.9. The third-order valence-electron chi connectivity index (χ3n) is 5.60. The Bertz CT molecular complexity index is 1120. The number of aryl methyl sites for hydroxylation is 3. The summed E-state index contributed by atoms with van der Waals surface area (Å²) >= 11 is 0. The number of phenols is 1. The van der Waals surface area contributed by atoms with Gasteiger partial charge in [0.25, 0.3) is 0 Å². The third-order valence-corrected chi connectivity index (χ3v) is 5.60. The molecule has 4 aromatic rings. The molecule has 0 fully saturated rings. The highest BCUT2D eigenvalue weighted by molar-refractivity contribution is 6.12. The van der Waals surface area contributed by atoms with Gasteiger partial charge in [0, 0.05) is 10.9 Å². The summed E-state index contributed by atoms with van der Waals surface area (Å²) < 4.78 is 6.05. The number of furan rings is 1. The second kappa shape index (κ2) is 7.11. The minimum Gasteiger partial charge on any atom is -0.508 e. The molecule has 0 aliphatic heterocycles. The Kier molecular flexibility index (Phi) is 4.65. The van der Waals surface area contributed by atoms with Gasteiger partial charge in [-0.2, -0.15) is 0 Å². The molecule has 0 aliphatic carbocycles. The zero-order chi connectivity index (χ0) is 19.0. The van der Waals surface area contributed by atoms with Crippen molar-refractivity contribution in [2.45, 2.75) is 46.5 Å².